The molecule has 0 aromatic carbocycles. The largest absolute Gasteiger partial charge is 0.444 e. The number of ether oxygens (including phenoxy) is 1. The fraction of sp³-hybridized carbons (Fsp3) is 0.455. The van der Waals surface area contributed by atoms with Gasteiger partial charge in [0.2, 0.25) is 0 Å². The predicted molar refractivity (Wildman–Crippen MR) is 74.1 cm³/mol. The van der Waals surface area contributed by atoms with Crippen LogP contribution < -0.4 is 5.32 Å². The molecular weight excluding hydrogens is 290 g/mol. The summed E-state index contributed by atoms with van der Waals surface area (Å²) < 4.78 is 5.08. The highest BCUT2D eigenvalue weighted by molar-refractivity contribution is 7.98. The maximum atomic E-state index is 11.6. The average Bonchev–Trinajstić information content (AvgIpc) is 2.25. The SMILES string of the molecule is CSc1nc(Cl)c(C=O)c(NC(=O)OC(C)(C)C)n1. The van der Waals surface area contributed by atoms with Gasteiger partial charge in [0.1, 0.15) is 10.8 Å². The van der Waals surface area contributed by atoms with Crippen molar-refractivity contribution < 1.29 is 14.3 Å². The van der Waals surface area contributed by atoms with Gasteiger partial charge in [0.05, 0.1) is 5.56 Å². The van der Waals surface area contributed by atoms with Gasteiger partial charge in [0, 0.05) is 0 Å². The van der Waals surface area contributed by atoms with Crippen molar-refractivity contribution in [2.45, 2.75) is 31.5 Å². The summed E-state index contributed by atoms with van der Waals surface area (Å²) in [5, 5.41) is 2.73. The van der Waals surface area contributed by atoms with Gasteiger partial charge in [0.15, 0.2) is 17.3 Å². The molecule has 0 fully saturated rings. The topological polar surface area (TPSA) is 81.2 Å². The number of halogens is 1. The van der Waals surface area contributed by atoms with Crippen LogP contribution in [0.5, 0.6) is 0 Å². The van der Waals surface area contributed by atoms with E-state index < -0.39 is 11.7 Å². The highest BCUT2D eigenvalue weighted by Gasteiger charge is 2.19. The molecule has 0 unspecified atom stereocenters. The predicted octanol–water partition coefficient (Wildman–Crippen LogP) is 3.01. The first-order chi connectivity index (χ1) is 8.76. The minimum atomic E-state index is -0.711. The number of anilines is 1. The molecule has 1 aromatic rings. The van der Waals surface area contributed by atoms with E-state index in [0.717, 1.165) is 0 Å². The molecule has 1 N–H and O–H groups in total. The molecule has 1 rings (SSSR count). The quantitative estimate of drug-likeness (QED) is 0.400. The van der Waals surface area contributed by atoms with Crippen LogP contribution in [-0.2, 0) is 4.74 Å². The number of nitrogens with one attached hydrogen (secondary N) is 1. The van der Waals surface area contributed by atoms with E-state index in [1.165, 1.54) is 11.8 Å². The minimum Gasteiger partial charge on any atom is -0.444 e. The minimum absolute atomic E-state index is 0.0135. The molecule has 1 aromatic heterocycles. The number of carbonyl (C=O) groups is 2. The summed E-state index contributed by atoms with van der Waals surface area (Å²) in [7, 11) is 0. The van der Waals surface area contributed by atoms with E-state index in [1.807, 2.05) is 0 Å². The second kappa shape index (κ2) is 6.21. The molecule has 0 saturated heterocycles. The van der Waals surface area contributed by atoms with Crippen molar-refractivity contribution in [1.29, 1.82) is 0 Å². The summed E-state index contributed by atoms with van der Waals surface area (Å²) >= 11 is 7.08. The van der Waals surface area contributed by atoms with Crippen LogP contribution in [0.2, 0.25) is 5.15 Å². The zero-order valence-electron chi connectivity index (χ0n) is 11.0. The van der Waals surface area contributed by atoms with Gasteiger partial charge in [-0.25, -0.2) is 14.8 Å². The number of hydrogen-bond acceptors (Lipinski definition) is 6. The Balaban J connectivity index is 3.02. The monoisotopic (exact) mass is 303 g/mol. The second-order valence-electron chi connectivity index (χ2n) is 4.51. The highest BCUT2D eigenvalue weighted by Crippen LogP contribution is 2.23. The molecule has 19 heavy (non-hydrogen) atoms. The fourth-order valence-electron chi connectivity index (χ4n) is 1.11. The van der Waals surface area contributed by atoms with E-state index in [1.54, 1.807) is 27.0 Å². The Hall–Kier alpha value is -1.34. The third-order valence-electron chi connectivity index (χ3n) is 1.80. The van der Waals surface area contributed by atoms with E-state index in [4.69, 9.17) is 16.3 Å². The number of hydrogen-bond donors (Lipinski definition) is 1. The lowest BCUT2D eigenvalue weighted by Crippen LogP contribution is -2.28. The first-order valence-electron chi connectivity index (χ1n) is 5.33. The number of aromatic nitrogens is 2. The van der Waals surface area contributed by atoms with E-state index in [0.29, 0.717) is 11.4 Å². The van der Waals surface area contributed by atoms with Crippen LogP contribution in [0.1, 0.15) is 31.1 Å². The van der Waals surface area contributed by atoms with Gasteiger partial charge < -0.3 is 4.74 Å². The van der Waals surface area contributed by atoms with Crippen molar-refractivity contribution >= 4 is 41.6 Å². The Morgan fingerprint density at radius 1 is 1.42 bits per heavy atom. The molecule has 0 aliphatic carbocycles. The normalized spacial score (nSPS) is 11.0. The smallest absolute Gasteiger partial charge is 0.413 e. The van der Waals surface area contributed by atoms with E-state index >= 15 is 0 Å². The molecule has 1 heterocycles. The zero-order chi connectivity index (χ0) is 14.6. The van der Waals surface area contributed by atoms with Crippen molar-refractivity contribution in [2.75, 3.05) is 11.6 Å². The molecule has 1 amide bonds. The number of amides is 1. The zero-order valence-corrected chi connectivity index (χ0v) is 12.6. The van der Waals surface area contributed by atoms with Crippen molar-refractivity contribution in [2.24, 2.45) is 0 Å². The summed E-state index contributed by atoms with van der Waals surface area (Å²) in [5.41, 5.74) is -0.629. The van der Waals surface area contributed by atoms with Gasteiger partial charge in [-0.3, -0.25) is 10.1 Å². The van der Waals surface area contributed by atoms with Gasteiger partial charge in [-0.15, -0.1) is 0 Å². The Labute approximate surface area is 120 Å². The molecule has 0 atom stereocenters. The number of carbonyl (C=O) groups excluding carboxylic acids is 2. The molecule has 6 nitrogen and oxygen atoms in total. The van der Waals surface area contributed by atoms with Crippen LogP contribution in [0.25, 0.3) is 0 Å². The Bertz CT molecular complexity index is 503. The molecular formula is C11H14ClN3O3S. The van der Waals surface area contributed by atoms with Gasteiger partial charge in [0.25, 0.3) is 0 Å². The van der Waals surface area contributed by atoms with Crippen molar-refractivity contribution in [3.8, 4) is 0 Å². The molecule has 104 valence electrons. The number of nitrogens with zero attached hydrogens (tertiary/aromatic N) is 2. The lowest BCUT2D eigenvalue weighted by Gasteiger charge is -2.19. The van der Waals surface area contributed by atoms with E-state index in [9.17, 15) is 9.59 Å². The number of thioether (sulfide) groups is 1. The van der Waals surface area contributed by atoms with Gasteiger partial charge in [-0.1, -0.05) is 23.4 Å². The summed E-state index contributed by atoms with van der Waals surface area (Å²) in [4.78, 5) is 30.5. The third kappa shape index (κ3) is 4.68. The number of rotatable bonds is 3. The first-order valence-corrected chi connectivity index (χ1v) is 6.94. The lowest BCUT2D eigenvalue weighted by atomic mass is 10.2. The summed E-state index contributed by atoms with van der Waals surface area (Å²) in [6.45, 7) is 5.19. The van der Waals surface area contributed by atoms with Crippen LogP contribution in [0, 0.1) is 0 Å². The second-order valence-corrected chi connectivity index (χ2v) is 5.64. The lowest BCUT2D eigenvalue weighted by molar-refractivity contribution is 0.0635. The summed E-state index contributed by atoms with van der Waals surface area (Å²) in [6, 6.07) is 0. The standard InChI is InChI=1S/C11H14ClN3O3S/c1-11(2,3)18-10(17)15-8-6(5-16)7(12)13-9(14-8)19-4/h5H,1-4H3,(H,13,14,15,17). The van der Waals surface area contributed by atoms with Crippen LogP contribution in [-0.4, -0.2) is 34.2 Å². The third-order valence-corrected chi connectivity index (χ3v) is 2.63. The molecule has 0 bridgehead atoms. The molecule has 8 heteroatoms. The Kier molecular flexibility index (Phi) is 5.13. The van der Waals surface area contributed by atoms with Crippen molar-refractivity contribution in [3.05, 3.63) is 10.7 Å². The first kappa shape index (κ1) is 15.7. The van der Waals surface area contributed by atoms with Crippen LogP contribution in [0.3, 0.4) is 0 Å². The Morgan fingerprint density at radius 2 is 2.05 bits per heavy atom. The fourth-order valence-corrected chi connectivity index (χ4v) is 1.74. The summed E-state index contributed by atoms with van der Waals surface area (Å²) in [5.74, 6) is 0.0357. The van der Waals surface area contributed by atoms with Crippen molar-refractivity contribution in [3.63, 3.8) is 0 Å². The average molecular weight is 304 g/mol. The van der Waals surface area contributed by atoms with Crippen LogP contribution in [0.4, 0.5) is 10.6 Å². The highest BCUT2D eigenvalue weighted by atomic mass is 35.5. The molecule has 0 aliphatic heterocycles. The molecule has 0 spiro atoms. The van der Waals surface area contributed by atoms with Gasteiger partial charge in [-0.05, 0) is 27.0 Å². The molecule has 0 saturated carbocycles. The maximum absolute atomic E-state index is 11.6. The Morgan fingerprint density at radius 3 is 2.53 bits per heavy atom. The van der Waals surface area contributed by atoms with Gasteiger partial charge in [-0.2, -0.15) is 0 Å². The maximum Gasteiger partial charge on any atom is 0.413 e. The molecule has 0 aliphatic rings. The number of aldehydes is 1. The van der Waals surface area contributed by atoms with Crippen LogP contribution >= 0.6 is 23.4 Å². The van der Waals surface area contributed by atoms with Gasteiger partial charge >= 0.3 is 6.09 Å². The van der Waals surface area contributed by atoms with Crippen LogP contribution in [0.15, 0.2) is 5.16 Å². The summed E-state index contributed by atoms with van der Waals surface area (Å²) in [6.07, 6.45) is 1.53. The van der Waals surface area contributed by atoms with Crippen molar-refractivity contribution in [1.82, 2.24) is 9.97 Å². The van der Waals surface area contributed by atoms with E-state index in [-0.39, 0.29) is 16.5 Å². The molecule has 0 radical (unpaired) electrons. The van der Waals surface area contributed by atoms with E-state index in [2.05, 4.69) is 15.3 Å².